The molecule has 5 heteroatoms. The van der Waals surface area contributed by atoms with Crippen molar-refractivity contribution in [3.8, 4) is 0 Å². The number of aryl methyl sites for hydroxylation is 1. The molecule has 2 amide bonds. The number of hydrogen-bond donors (Lipinski definition) is 1. The van der Waals surface area contributed by atoms with E-state index in [-0.39, 0.29) is 12.1 Å². The number of nitrogens with two attached hydrogens (primary N) is 1. The van der Waals surface area contributed by atoms with Gasteiger partial charge in [0.25, 0.3) is 0 Å². The summed E-state index contributed by atoms with van der Waals surface area (Å²) in [4.78, 5) is 15.5. The van der Waals surface area contributed by atoms with Gasteiger partial charge in [0.15, 0.2) is 0 Å². The Hall–Kier alpha value is -1.49. The van der Waals surface area contributed by atoms with E-state index in [2.05, 4.69) is 0 Å². The van der Waals surface area contributed by atoms with E-state index < -0.39 is 0 Å². The second-order valence-corrected chi connectivity index (χ2v) is 4.45. The molecule has 1 unspecified atom stereocenters. The third-order valence-electron chi connectivity index (χ3n) is 3.15. The van der Waals surface area contributed by atoms with Crippen molar-refractivity contribution in [3.63, 3.8) is 0 Å². The van der Waals surface area contributed by atoms with E-state index in [0.717, 1.165) is 24.5 Å². The molecule has 0 aliphatic carbocycles. The van der Waals surface area contributed by atoms with Gasteiger partial charge in [0.05, 0.1) is 6.54 Å². The van der Waals surface area contributed by atoms with E-state index in [4.69, 9.17) is 10.2 Å². The molecule has 0 saturated carbocycles. The molecule has 0 radical (unpaired) electrons. The van der Waals surface area contributed by atoms with Gasteiger partial charge in [0.2, 0.25) is 0 Å². The first-order valence-corrected chi connectivity index (χ1v) is 5.91. The monoisotopic (exact) mass is 237 g/mol. The number of hydrogen-bond acceptors (Lipinski definition) is 3. The molecule has 2 N–H and O–H groups in total. The molecular weight excluding hydrogens is 218 g/mol. The predicted molar refractivity (Wildman–Crippen MR) is 64.6 cm³/mol. The predicted octanol–water partition coefficient (Wildman–Crippen LogP) is 1.35. The Morgan fingerprint density at radius 2 is 2.29 bits per heavy atom. The topological polar surface area (TPSA) is 62.7 Å². The molecule has 1 atom stereocenters. The van der Waals surface area contributed by atoms with Crippen LogP contribution in [0.5, 0.6) is 0 Å². The first kappa shape index (κ1) is 12.0. The zero-order chi connectivity index (χ0) is 12.4. The smallest absolute Gasteiger partial charge is 0.320 e. The first-order valence-electron chi connectivity index (χ1n) is 5.91. The van der Waals surface area contributed by atoms with Crippen LogP contribution in [0.4, 0.5) is 4.79 Å². The molecular formula is C12H19N3O2. The van der Waals surface area contributed by atoms with Crippen molar-refractivity contribution in [1.29, 1.82) is 0 Å². The van der Waals surface area contributed by atoms with Crippen LogP contribution in [0.2, 0.25) is 0 Å². The average Bonchev–Trinajstić information content (AvgIpc) is 2.84. The van der Waals surface area contributed by atoms with Crippen molar-refractivity contribution in [2.45, 2.75) is 19.4 Å². The van der Waals surface area contributed by atoms with Crippen LogP contribution in [0, 0.1) is 6.92 Å². The van der Waals surface area contributed by atoms with E-state index >= 15 is 0 Å². The van der Waals surface area contributed by atoms with Crippen LogP contribution in [0.15, 0.2) is 16.5 Å². The molecule has 94 valence electrons. The Labute approximate surface area is 101 Å². The van der Waals surface area contributed by atoms with Gasteiger partial charge in [-0.1, -0.05) is 0 Å². The van der Waals surface area contributed by atoms with Crippen LogP contribution in [0.1, 0.15) is 24.0 Å². The van der Waals surface area contributed by atoms with Gasteiger partial charge in [0.1, 0.15) is 17.6 Å². The van der Waals surface area contributed by atoms with E-state index in [1.807, 2.05) is 31.0 Å². The molecule has 2 rings (SSSR count). The number of urea groups is 1. The third kappa shape index (κ3) is 2.29. The molecule has 1 aromatic rings. The Balaban J connectivity index is 2.08. The summed E-state index contributed by atoms with van der Waals surface area (Å²) < 4.78 is 5.59. The lowest BCUT2D eigenvalue weighted by molar-refractivity contribution is 0.193. The Morgan fingerprint density at radius 3 is 2.88 bits per heavy atom. The Kier molecular flexibility index (Phi) is 3.38. The number of nitrogens with zero attached hydrogens (tertiary/aromatic N) is 2. The van der Waals surface area contributed by atoms with Gasteiger partial charge in [-0.3, -0.25) is 0 Å². The molecule has 17 heavy (non-hydrogen) atoms. The fraction of sp³-hybridized carbons (Fsp3) is 0.583. The molecule has 5 nitrogen and oxygen atoms in total. The summed E-state index contributed by atoms with van der Waals surface area (Å²) in [6, 6.07) is 3.94. The summed E-state index contributed by atoms with van der Waals surface area (Å²) in [6.45, 7) is 3.92. The number of rotatable bonds is 4. The SMILES string of the molecule is Cc1ccc(C2CN(CCCN)C(=O)N2C)o1. The Morgan fingerprint density at radius 1 is 1.53 bits per heavy atom. The Bertz CT molecular complexity index is 402. The lowest BCUT2D eigenvalue weighted by Crippen LogP contribution is -2.31. The van der Waals surface area contributed by atoms with Crippen molar-refractivity contribution in [3.05, 3.63) is 23.7 Å². The van der Waals surface area contributed by atoms with Crippen molar-refractivity contribution in [2.75, 3.05) is 26.7 Å². The number of furan rings is 1. The van der Waals surface area contributed by atoms with E-state index in [1.165, 1.54) is 0 Å². The second kappa shape index (κ2) is 4.79. The van der Waals surface area contributed by atoms with Gasteiger partial charge < -0.3 is 20.0 Å². The van der Waals surface area contributed by atoms with Crippen LogP contribution in [0.3, 0.4) is 0 Å². The molecule has 0 aromatic carbocycles. The summed E-state index contributed by atoms with van der Waals surface area (Å²) >= 11 is 0. The lowest BCUT2D eigenvalue weighted by atomic mass is 10.2. The van der Waals surface area contributed by atoms with Gasteiger partial charge in [-0.15, -0.1) is 0 Å². The molecule has 1 fully saturated rings. The largest absolute Gasteiger partial charge is 0.464 e. The number of likely N-dealkylation sites (N-methyl/N-ethyl adjacent to an activating group) is 1. The molecule has 1 aliphatic rings. The second-order valence-electron chi connectivity index (χ2n) is 4.45. The highest BCUT2D eigenvalue weighted by molar-refractivity contribution is 5.77. The molecule has 1 saturated heterocycles. The van der Waals surface area contributed by atoms with Gasteiger partial charge in [-0.05, 0) is 32.0 Å². The highest BCUT2D eigenvalue weighted by atomic mass is 16.3. The van der Waals surface area contributed by atoms with Crippen LogP contribution < -0.4 is 5.73 Å². The average molecular weight is 237 g/mol. The van der Waals surface area contributed by atoms with E-state index in [9.17, 15) is 4.79 Å². The number of carbonyl (C=O) groups excluding carboxylic acids is 1. The van der Waals surface area contributed by atoms with Crippen LogP contribution in [-0.2, 0) is 0 Å². The molecule has 0 bridgehead atoms. The molecule has 1 aromatic heterocycles. The maximum Gasteiger partial charge on any atom is 0.320 e. The third-order valence-corrected chi connectivity index (χ3v) is 3.15. The maximum atomic E-state index is 12.0. The quantitative estimate of drug-likeness (QED) is 0.859. The van der Waals surface area contributed by atoms with Gasteiger partial charge in [0, 0.05) is 13.6 Å². The van der Waals surface area contributed by atoms with Crippen LogP contribution in [0.25, 0.3) is 0 Å². The summed E-state index contributed by atoms with van der Waals surface area (Å²) in [5, 5.41) is 0. The van der Waals surface area contributed by atoms with Crippen LogP contribution >= 0.6 is 0 Å². The normalized spacial score (nSPS) is 20.4. The van der Waals surface area contributed by atoms with Gasteiger partial charge >= 0.3 is 6.03 Å². The van der Waals surface area contributed by atoms with E-state index in [0.29, 0.717) is 13.1 Å². The maximum absolute atomic E-state index is 12.0. The lowest BCUT2D eigenvalue weighted by Gasteiger charge is -2.15. The summed E-state index contributed by atoms with van der Waals surface area (Å²) in [7, 11) is 1.81. The fourth-order valence-electron chi connectivity index (χ4n) is 2.15. The standard InChI is InChI=1S/C12H19N3O2/c1-9-4-5-11(17-9)10-8-15(7-3-6-13)12(16)14(10)2/h4-5,10H,3,6-8,13H2,1-2H3. The van der Waals surface area contributed by atoms with Crippen molar-refractivity contribution in [1.82, 2.24) is 9.80 Å². The molecule has 0 spiro atoms. The zero-order valence-corrected chi connectivity index (χ0v) is 10.3. The van der Waals surface area contributed by atoms with Crippen LogP contribution in [-0.4, -0.2) is 42.5 Å². The highest BCUT2D eigenvalue weighted by Crippen LogP contribution is 2.29. The van der Waals surface area contributed by atoms with E-state index in [1.54, 1.807) is 4.90 Å². The minimum atomic E-state index is 0.0222. The summed E-state index contributed by atoms with van der Waals surface area (Å²) in [6.07, 6.45) is 0.837. The van der Waals surface area contributed by atoms with Crippen molar-refractivity contribution in [2.24, 2.45) is 5.73 Å². The number of amides is 2. The summed E-state index contributed by atoms with van der Waals surface area (Å²) in [5.74, 6) is 1.73. The molecule has 2 heterocycles. The van der Waals surface area contributed by atoms with Gasteiger partial charge in [-0.25, -0.2) is 4.79 Å². The number of carbonyl (C=O) groups is 1. The minimum Gasteiger partial charge on any atom is -0.464 e. The summed E-state index contributed by atoms with van der Waals surface area (Å²) in [5.41, 5.74) is 5.47. The minimum absolute atomic E-state index is 0.0222. The highest BCUT2D eigenvalue weighted by Gasteiger charge is 2.36. The zero-order valence-electron chi connectivity index (χ0n) is 10.3. The van der Waals surface area contributed by atoms with Gasteiger partial charge in [-0.2, -0.15) is 0 Å². The van der Waals surface area contributed by atoms with Crippen molar-refractivity contribution >= 4 is 6.03 Å². The first-order chi connectivity index (χ1) is 8.13. The van der Waals surface area contributed by atoms with Crippen molar-refractivity contribution < 1.29 is 9.21 Å². The fourth-order valence-corrected chi connectivity index (χ4v) is 2.15. The molecule has 1 aliphatic heterocycles.